The highest BCUT2D eigenvalue weighted by Gasteiger charge is 2.16. The van der Waals surface area contributed by atoms with Crippen LogP contribution in [0.5, 0.6) is 0 Å². The van der Waals surface area contributed by atoms with Crippen LogP contribution in [0, 0.1) is 22.9 Å². The van der Waals surface area contributed by atoms with Crippen molar-refractivity contribution in [2.75, 3.05) is 38.8 Å². The van der Waals surface area contributed by atoms with E-state index in [1.165, 1.54) is 6.07 Å². The molecule has 1 aromatic carbocycles. The smallest absolute Gasteiger partial charge is 0.295 e. The summed E-state index contributed by atoms with van der Waals surface area (Å²) in [6.07, 6.45) is 0. The average Bonchev–Trinajstić information content (AvgIpc) is 2.37. The van der Waals surface area contributed by atoms with Crippen molar-refractivity contribution in [3.63, 3.8) is 0 Å². The van der Waals surface area contributed by atoms with Gasteiger partial charge in [0.2, 0.25) is 0 Å². The number of benzene rings is 1. The number of nitrogens with one attached hydrogen (secondary N) is 1. The van der Waals surface area contributed by atoms with E-state index in [-0.39, 0.29) is 5.69 Å². The lowest BCUT2D eigenvalue weighted by atomic mass is 10.2. The Balaban J connectivity index is 2.57. The number of rotatable bonds is 8. The predicted octanol–water partition coefficient (Wildman–Crippen LogP) is 2.12. The van der Waals surface area contributed by atoms with Crippen LogP contribution in [0.3, 0.4) is 0 Å². The second kappa shape index (κ2) is 7.65. The minimum Gasteiger partial charge on any atom is -0.382 e. The van der Waals surface area contributed by atoms with Crippen LogP contribution in [0.2, 0.25) is 0 Å². The molecular formula is C12H17FN2O4. The van der Waals surface area contributed by atoms with E-state index in [0.717, 1.165) is 6.07 Å². The van der Waals surface area contributed by atoms with Crippen molar-refractivity contribution < 1.29 is 18.8 Å². The van der Waals surface area contributed by atoms with E-state index >= 15 is 0 Å². The molecule has 0 aromatic heterocycles. The third-order valence-corrected chi connectivity index (χ3v) is 2.47. The van der Waals surface area contributed by atoms with Crippen molar-refractivity contribution in [2.24, 2.45) is 0 Å². The number of methoxy groups -OCH3 is 1. The molecule has 19 heavy (non-hydrogen) atoms. The number of hydrogen-bond donors (Lipinski definition) is 1. The first kappa shape index (κ1) is 15.3. The molecule has 0 bridgehead atoms. The molecule has 0 saturated heterocycles. The van der Waals surface area contributed by atoms with Gasteiger partial charge in [0.25, 0.3) is 5.69 Å². The van der Waals surface area contributed by atoms with E-state index in [9.17, 15) is 14.5 Å². The van der Waals surface area contributed by atoms with Crippen LogP contribution in [-0.2, 0) is 9.47 Å². The van der Waals surface area contributed by atoms with E-state index in [1.807, 2.05) is 0 Å². The Bertz CT molecular complexity index is 440. The molecule has 0 atom stereocenters. The van der Waals surface area contributed by atoms with Crippen LogP contribution in [0.15, 0.2) is 12.1 Å². The number of aryl methyl sites for hydroxylation is 1. The third kappa shape index (κ3) is 4.80. The number of anilines is 1. The summed E-state index contributed by atoms with van der Waals surface area (Å²) in [6.45, 7) is 3.30. The van der Waals surface area contributed by atoms with Gasteiger partial charge in [-0.2, -0.15) is 0 Å². The van der Waals surface area contributed by atoms with Crippen LogP contribution in [-0.4, -0.2) is 38.4 Å². The lowest BCUT2D eigenvalue weighted by molar-refractivity contribution is -0.384. The Morgan fingerprint density at radius 3 is 2.74 bits per heavy atom. The number of nitro groups is 1. The van der Waals surface area contributed by atoms with Gasteiger partial charge < -0.3 is 14.8 Å². The summed E-state index contributed by atoms with van der Waals surface area (Å²) >= 11 is 0. The Kier molecular flexibility index (Phi) is 6.17. The lowest BCUT2D eigenvalue weighted by Gasteiger charge is -2.09. The fraction of sp³-hybridized carbons (Fsp3) is 0.500. The first-order chi connectivity index (χ1) is 9.06. The Morgan fingerprint density at radius 1 is 1.37 bits per heavy atom. The van der Waals surface area contributed by atoms with Crippen molar-refractivity contribution in [2.45, 2.75) is 6.92 Å². The summed E-state index contributed by atoms with van der Waals surface area (Å²) in [4.78, 5) is 10.2. The average molecular weight is 272 g/mol. The van der Waals surface area contributed by atoms with E-state index in [0.29, 0.717) is 37.6 Å². The molecule has 0 radical (unpaired) electrons. The summed E-state index contributed by atoms with van der Waals surface area (Å²) in [6, 6.07) is 2.34. The molecule has 0 unspecified atom stereocenters. The van der Waals surface area contributed by atoms with Crippen LogP contribution >= 0.6 is 0 Å². The molecule has 1 aromatic rings. The number of nitrogens with zero attached hydrogens (tertiary/aromatic N) is 1. The molecule has 1 rings (SSSR count). The summed E-state index contributed by atoms with van der Waals surface area (Å²) in [5, 5.41) is 13.7. The Morgan fingerprint density at radius 2 is 2.11 bits per heavy atom. The first-order valence-electron chi connectivity index (χ1n) is 5.81. The maximum Gasteiger partial charge on any atom is 0.295 e. The molecule has 0 heterocycles. The minimum atomic E-state index is -0.614. The van der Waals surface area contributed by atoms with Gasteiger partial charge in [0.1, 0.15) is 11.5 Å². The molecule has 106 valence electrons. The van der Waals surface area contributed by atoms with Gasteiger partial charge in [-0.25, -0.2) is 4.39 Å². The van der Waals surface area contributed by atoms with Crippen LogP contribution in [0.4, 0.5) is 15.8 Å². The molecule has 0 aliphatic rings. The van der Waals surface area contributed by atoms with E-state index < -0.39 is 10.7 Å². The molecule has 0 amide bonds. The second-order valence-corrected chi connectivity index (χ2v) is 3.91. The van der Waals surface area contributed by atoms with Gasteiger partial charge in [-0.05, 0) is 18.6 Å². The van der Waals surface area contributed by atoms with Crippen LogP contribution in [0.25, 0.3) is 0 Å². The second-order valence-electron chi connectivity index (χ2n) is 3.91. The van der Waals surface area contributed by atoms with Gasteiger partial charge in [0, 0.05) is 13.7 Å². The van der Waals surface area contributed by atoms with Crippen molar-refractivity contribution >= 4 is 11.4 Å². The minimum absolute atomic E-state index is 0.278. The molecule has 0 spiro atoms. The highest BCUT2D eigenvalue weighted by Crippen LogP contribution is 2.27. The summed E-state index contributed by atoms with van der Waals surface area (Å²) in [5.41, 5.74) is 0.368. The third-order valence-electron chi connectivity index (χ3n) is 2.47. The van der Waals surface area contributed by atoms with Gasteiger partial charge >= 0.3 is 0 Å². The maximum absolute atomic E-state index is 13.3. The largest absolute Gasteiger partial charge is 0.382 e. The van der Waals surface area contributed by atoms with Crippen LogP contribution < -0.4 is 5.32 Å². The molecule has 0 saturated carbocycles. The Labute approximate surface area is 110 Å². The summed E-state index contributed by atoms with van der Waals surface area (Å²) in [5.74, 6) is -0.589. The van der Waals surface area contributed by atoms with E-state index in [1.54, 1.807) is 14.0 Å². The number of nitro benzene ring substituents is 1. The fourth-order valence-electron chi connectivity index (χ4n) is 1.47. The van der Waals surface area contributed by atoms with Crippen molar-refractivity contribution in [3.8, 4) is 0 Å². The quantitative estimate of drug-likeness (QED) is 0.446. The molecule has 0 aliphatic carbocycles. The topological polar surface area (TPSA) is 73.6 Å². The number of halogens is 1. The normalized spacial score (nSPS) is 10.5. The Hall–Kier alpha value is -1.73. The van der Waals surface area contributed by atoms with Crippen molar-refractivity contribution in [1.29, 1.82) is 0 Å². The zero-order valence-corrected chi connectivity index (χ0v) is 10.9. The molecule has 6 nitrogen and oxygen atoms in total. The van der Waals surface area contributed by atoms with Gasteiger partial charge in [-0.1, -0.05) is 0 Å². The molecule has 0 aliphatic heterocycles. The zero-order valence-electron chi connectivity index (χ0n) is 10.9. The van der Waals surface area contributed by atoms with Crippen molar-refractivity contribution in [1.82, 2.24) is 0 Å². The van der Waals surface area contributed by atoms with E-state index in [2.05, 4.69) is 5.32 Å². The monoisotopic (exact) mass is 272 g/mol. The number of hydrogen-bond acceptors (Lipinski definition) is 5. The fourth-order valence-corrected chi connectivity index (χ4v) is 1.47. The SMILES string of the molecule is COCCOCCNc1cc(C)c(F)cc1[N+](=O)[O-]. The summed E-state index contributed by atoms with van der Waals surface area (Å²) in [7, 11) is 1.58. The summed E-state index contributed by atoms with van der Waals surface area (Å²) < 4.78 is 23.3. The lowest BCUT2D eigenvalue weighted by Crippen LogP contribution is -2.13. The van der Waals surface area contributed by atoms with Gasteiger partial charge in [-0.3, -0.25) is 10.1 Å². The molecule has 7 heteroatoms. The van der Waals surface area contributed by atoms with Gasteiger partial charge in [0.15, 0.2) is 0 Å². The highest BCUT2D eigenvalue weighted by molar-refractivity contribution is 5.63. The standard InChI is InChI=1S/C12H17FN2O4/c1-9-7-11(12(15(16)17)8-10(9)13)14-3-4-19-6-5-18-2/h7-8,14H,3-6H2,1-2H3. The number of ether oxygens (including phenoxy) is 2. The van der Waals surface area contributed by atoms with Crippen molar-refractivity contribution in [3.05, 3.63) is 33.6 Å². The molecular weight excluding hydrogens is 255 g/mol. The first-order valence-corrected chi connectivity index (χ1v) is 5.81. The molecule has 1 N–H and O–H groups in total. The van der Waals surface area contributed by atoms with Crippen LogP contribution in [0.1, 0.15) is 5.56 Å². The maximum atomic E-state index is 13.3. The van der Waals surface area contributed by atoms with Gasteiger partial charge in [-0.15, -0.1) is 0 Å². The highest BCUT2D eigenvalue weighted by atomic mass is 19.1. The predicted molar refractivity (Wildman–Crippen MR) is 69.0 cm³/mol. The molecule has 0 fully saturated rings. The van der Waals surface area contributed by atoms with E-state index in [4.69, 9.17) is 9.47 Å². The van der Waals surface area contributed by atoms with Gasteiger partial charge in [0.05, 0.1) is 30.8 Å². The zero-order chi connectivity index (χ0) is 14.3.